The second-order valence-electron chi connectivity index (χ2n) is 4.18. The van der Waals surface area contributed by atoms with Crippen LogP contribution in [0.3, 0.4) is 0 Å². The molecule has 0 saturated heterocycles. The van der Waals surface area contributed by atoms with Crippen molar-refractivity contribution in [1.29, 1.82) is 0 Å². The number of halogens is 1. The van der Waals surface area contributed by atoms with Crippen molar-refractivity contribution in [2.45, 2.75) is 20.3 Å². The maximum absolute atomic E-state index is 11.6. The van der Waals surface area contributed by atoms with E-state index in [1.54, 1.807) is 12.1 Å². The van der Waals surface area contributed by atoms with Crippen LogP contribution in [0, 0.1) is 5.92 Å². The minimum atomic E-state index is -0.0641. The molecule has 0 aliphatic carbocycles. The molecule has 0 bridgehead atoms. The molecule has 1 aromatic rings. The Morgan fingerprint density at radius 3 is 2.88 bits per heavy atom. The standard InChI is InChI=1S/C12H18ClNO2S/c1-9(2)8-16-7-3-6-14-12(15)10-4-5-11(13)17-10/h4-5,9H,3,6-8H2,1-2H3,(H,14,15). The molecule has 1 N–H and O–H groups in total. The predicted octanol–water partition coefficient (Wildman–Crippen LogP) is 3.19. The molecule has 0 spiro atoms. The van der Waals surface area contributed by atoms with Crippen molar-refractivity contribution in [3.63, 3.8) is 0 Å². The average molecular weight is 276 g/mol. The molecule has 0 aromatic carbocycles. The Morgan fingerprint density at radius 1 is 1.53 bits per heavy atom. The second-order valence-corrected chi connectivity index (χ2v) is 5.90. The molecule has 17 heavy (non-hydrogen) atoms. The van der Waals surface area contributed by atoms with Gasteiger partial charge in [-0.3, -0.25) is 4.79 Å². The van der Waals surface area contributed by atoms with Crippen LogP contribution in [-0.4, -0.2) is 25.7 Å². The van der Waals surface area contributed by atoms with E-state index in [-0.39, 0.29) is 5.91 Å². The highest BCUT2D eigenvalue weighted by Crippen LogP contribution is 2.20. The van der Waals surface area contributed by atoms with Crippen molar-refractivity contribution in [3.05, 3.63) is 21.3 Å². The summed E-state index contributed by atoms with van der Waals surface area (Å²) in [5.74, 6) is 0.489. The third-order valence-corrected chi connectivity index (χ3v) is 3.23. The summed E-state index contributed by atoms with van der Waals surface area (Å²) >= 11 is 7.05. The topological polar surface area (TPSA) is 38.3 Å². The number of ether oxygens (including phenoxy) is 1. The van der Waals surface area contributed by atoms with Crippen molar-refractivity contribution in [1.82, 2.24) is 5.32 Å². The van der Waals surface area contributed by atoms with E-state index in [1.807, 2.05) is 0 Å². The monoisotopic (exact) mass is 275 g/mol. The molecule has 0 aliphatic rings. The van der Waals surface area contributed by atoms with Crippen LogP contribution < -0.4 is 5.32 Å². The number of hydrogen-bond acceptors (Lipinski definition) is 3. The van der Waals surface area contributed by atoms with Crippen LogP contribution in [-0.2, 0) is 4.74 Å². The van der Waals surface area contributed by atoms with Gasteiger partial charge in [0, 0.05) is 19.8 Å². The number of nitrogens with one attached hydrogen (secondary N) is 1. The first-order chi connectivity index (χ1) is 8.09. The summed E-state index contributed by atoms with van der Waals surface area (Å²) in [5, 5.41) is 2.83. The molecule has 1 aromatic heterocycles. The minimum absolute atomic E-state index is 0.0641. The van der Waals surface area contributed by atoms with Crippen LogP contribution in [0.1, 0.15) is 29.9 Å². The zero-order chi connectivity index (χ0) is 12.7. The Balaban J connectivity index is 2.09. The van der Waals surface area contributed by atoms with Crippen molar-refractivity contribution in [2.24, 2.45) is 5.92 Å². The van der Waals surface area contributed by atoms with Crippen LogP contribution in [0.25, 0.3) is 0 Å². The summed E-state index contributed by atoms with van der Waals surface area (Å²) in [5.41, 5.74) is 0. The van der Waals surface area contributed by atoms with Crippen molar-refractivity contribution < 1.29 is 9.53 Å². The zero-order valence-corrected chi connectivity index (χ0v) is 11.7. The van der Waals surface area contributed by atoms with Crippen molar-refractivity contribution in [2.75, 3.05) is 19.8 Å². The highest BCUT2D eigenvalue weighted by molar-refractivity contribution is 7.17. The predicted molar refractivity (Wildman–Crippen MR) is 71.9 cm³/mol. The number of rotatable bonds is 7. The van der Waals surface area contributed by atoms with Gasteiger partial charge in [-0.05, 0) is 24.5 Å². The molecule has 0 atom stereocenters. The molecule has 0 radical (unpaired) electrons. The highest BCUT2D eigenvalue weighted by atomic mass is 35.5. The van der Waals surface area contributed by atoms with Crippen LogP contribution >= 0.6 is 22.9 Å². The van der Waals surface area contributed by atoms with Gasteiger partial charge in [-0.1, -0.05) is 25.4 Å². The molecule has 5 heteroatoms. The first kappa shape index (κ1) is 14.5. The maximum Gasteiger partial charge on any atom is 0.261 e. The summed E-state index contributed by atoms with van der Waals surface area (Å²) in [4.78, 5) is 12.2. The van der Waals surface area contributed by atoms with Gasteiger partial charge in [-0.2, -0.15) is 0 Å². The maximum atomic E-state index is 11.6. The Kier molecular flexibility index (Phi) is 6.55. The lowest BCUT2D eigenvalue weighted by Gasteiger charge is -2.07. The average Bonchev–Trinajstić information content (AvgIpc) is 2.69. The van der Waals surface area contributed by atoms with Gasteiger partial charge in [0.25, 0.3) is 5.91 Å². The molecule has 0 fully saturated rings. The van der Waals surface area contributed by atoms with Crippen LogP contribution in [0.2, 0.25) is 4.34 Å². The van der Waals surface area contributed by atoms with Crippen LogP contribution in [0.15, 0.2) is 12.1 Å². The molecule has 0 unspecified atom stereocenters. The zero-order valence-electron chi connectivity index (χ0n) is 10.2. The number of carbonyl (C=O) groups is 1. The highest BCUT2D eigenvalue weighted by Gasteiger charge is 2.07. The van der Waals surface area contributed by atoms with Gasteiger partial charge < -0.3 is 10.1 Å². The van der Waals surface area contributed by atoms with Gasteiger partial charge >= 0.3 is 0 Å². The molecule has 0 saturated carbocycles. The van der Waals surface area contributed by atoms with E-state index in [4.69, 9.17) is 16.3 Å². The fraction of sp³-hybridized carbons (Fsp3) is 0.583. The van der Waals surface area contributed by atoms with Gasteiger partial charge in [0.15, 0.2) is 0 Å². The van der Waals surface area contributed by atoms with E-state index >= 15 is 0 Å². The number of amides is 1. The Hall–Kier alpha value is -0.580. The number of carbonyl (C=O) groups excluding carboxylic acids is 1. The second kappa shape index (κ2) is 7.69. The van der Waals surface area contributed by atoms with Crippen LogP contribution in [0.4, 0.5) is 0 Å². The Labute approximate surface area is 111 Å². The van der Waals surface area contributed by atoms with Gasteiger partial charge in [0.2, 0.25) is 0 Å². The fourth-order valence-corrected chi connectivity index (χ4v) is 2.18. The third-order valence-electron chi connectivity index (χ3n) is 2.00. The van der Waals surface area contributed by atoms with E-state index in [1.165, 1.54) is 11.3 Å². The lowest BCUT2D eigenvalue weighted by atomic mass is 10.2. The smallest absolute Gasteiger partial charge is 0.261 e. The number of thiophene rings is 1. The summed E-state index contributed by atoms with van der Waals surface area (Å²) in [7, 11) is 0. The van der Waals surface area contributed by atoms with E-state index in [9.17, 15) is 4.79 Å². The molecule has 3 nitrogen and oxygen atoms in total. The molecule has 1 heterocycles. The SMILES string of the molecule is CC(C)COCCCNC(=O)c1ccc(Cl)s1. The molecular weight excluding hydrogens is 258 g/mol. The Bertz CT molecular complexity index is 352. The number of hydrogen-bond donors (Lipinski definition) is 1. The lowest BCUT2D eigenvalue weighted by molar-refractivity contribution is 0.0928. The summed E-state index contributed by atoms with van der Waals surface area (Å²) in [6.07, 6.45) is 0.831. The third kappa shape index (κ3) is 6.05. The molecule has 1 rings (SSSR count). The summed E-state index contributed by atoms with van der Waals surface area (Å²) in [6, 6.07) is 3.46. The normalized spacial score (nSPS) is 10.8. The minimum Gasteiger partial charge on any atom is -0.381 e. The van der Waals surface area contributed by atoms with E-state index in [2.05, 4.69) is 19.2 Å². The largest absolute Gasteiger partial charge is 0.381 e. The summed E-state index contributed by atoms with van der Waals surface area (Å²) < 4.78 is 6.05. The molecule has 0 aliphatic heterocycles. The first-order valence-electron chi connectivity index (χ1n) is 5.71. The van der Waals surface area contributed by atoms with E-state index in [0.717, 1.165) is 13.0 Å². The quantitative estimate of drug-likeness (QED) is 0.776. The first-order valence-corrected chi connectivity index (χ1v) is 6.90. The van der Waals surface area contributed by atoms with E-state index < -0.39 is 0 Å². The van der Waals surface area contributed by atoms with Gasteiger partial charge in [0.05, 0.1) is 9.21 Å². The van der Waals surface area contributed by atoms with Crippen molar-refractivity contribution >= 4 is 28.8 Å². The molecule has 1 amide bonds. The van der Waals surface area contributed by atoms with Gasteiger partial charge in [-0.25, -0.2) is 0 Å². The van der Waals surface area contributed by atoms with Crippen molar-refractivity contribution in [3.8, 4) is 0 Å². The fourth-order valence-electron chi connectivity index (χ4n) is 1.22. The van der Waals surface area contributed by atoms with Gasteiger partial charge in [-0.15, -0.1) is 11.3 Å². The summed E-state index contributed by atoms with van der Waals surface area (Å²) in [6.45, 7) is 6.31. The lowest BCUT2D eigenvalue weighted by Crippen LogP contribution is -2.24. The van der Waals surface area contributed by atoms with Crippen LogP contribution in [0.5, 0.6) is 0 Å². The Morgan fingerprint density at radius 2 is 2.29 bits per heavy atom. The molecular formula is C12H18ClNO2S. The van der Waals surface area contributed by atoms with Gasteiger partial charge in [0.1, 0.15) is 0 Å². The van der Waals surface area contributed by atoms with E-state index in [0.29, 0.717) is 28.3 Å². The molecule has 96 valence electrons.